The fraction of sp³-hybridized carbons (Fsp3) is 0.318. The maximum atomic E-state index is 13.0. The average molecular weight is 431 g/mol. The van der Waals surface area contributed by atoms with Gasteiger partial charge in [0, 0.05) is 17.7 Å². The van der Waals surface area contributed by atoms with E-state index in [0.717, 1.165) is 18.6 Å². The van der Waals surface area contributed by atoms with E-state index in [1.165, 1.54) is 12.1 Å². The van der Waals surface area contributed by atoms with Gasteiger partial charge in [0.2, 0.25) is 11.7 Å². The predicted molar refractivity (Wildman–Crippen MR) is 105 cm³/mol. The van der Waals surface area contributed by atoms with Gasteiger partial charge in [-0.05, 0) is 56.2 Å². The van der Waals surface area contributed by atoms with E-state index in [0.29, 0.717) is 30.9 Å². The molecule has 4 rings (SSSR count). The van der Waals surface area contributed by atoms with Crippen LogP contribution in [0.25, 0.3) is 11.4 Å². The van der Waals surface area contributed by atoms with Crippen molar-refractivity contribution in [3.63, 3.8) is 0 Å². The molecule has 2 heterocycles. The van der Waals surface area contributed by atoms with Crippen molar-refractivity contribution in [2.24, 2.45) is 0 Å². The summed E-state index contributed by atoms with van der Waals surface area (Å²) in [5.41, 5.74) is -0.0790. The third-order valence-electron chi connectivity index (χ3n) is 5.10. The van der Waals surface area contributed by atoms with Crippen molar-refractivity contribution >= 4 is 5.91 Å². The number of ether oxygens (including phenoxy) is 1. The zero-order chi connectivity index (χ0) is 22.0. The summed E-state index contributed by atoms with van der Waals surface area (Å²) in [6.07, 6.45) is -3.07. The van der Waals surface area contributed by atoms with Crippen LogP contribution in [-0.2, 0) is 6.18 Å². The Morgan fingerprint density at radius 2 is 2.00 bits per heavy atom. The van der Waals surface area contributed by atoms with Gasteiger partial charge in [-0.1, -0.05) is 17.3 Å². The van der Waals surface area contributed by atoms with Gasteiger partial charge >= 0.3 is 6.18 Å². The molecular weight excluding hydrogens is 411 g/mol. The SMILES string of the molecule is CCOc1ccc(C(=O)N2CCCC2c2nc(-c3cccc(C(F)(F)F)c3)no2)cc1. The third-order valence-corrected chi connectivity index (χ3v) is 5.10. The van der Waals surface area contributed by atoms with E-state index in [4.69, 9.17) is 9.26 Å². The van der Waals surface area contributed by atoms with Crippen LogP contribution in [0.4, 0.5) is 13.2 Å². The van der Waals surface area contributed by atoms with Crippen molar-refractivity contribution in [1.29, 1.82) is 0 Å². The molecule has 1 amide bonds. The van der Waals surface area contributed by atoms with E-state index in [9.17, 15) is 18.0 Å². The molecule has 1 saturated heterocycles. The summed E-state index contributed by atoms with van der Waals surface area (Å²) in [5.74, 6) is 0.773. The minimum atomic E-state index is -4.46. The highest BCUT2D eigenvalue weighted by molar-refractivity contribution is 5.94. The molecule has 162 valence electrons. The number of hydrogen-bond donors (Lipinski definition) is 0. The molecule has 0 radical (unpaired) electrons. The topological polar surface area (TPSA) is 68.5 Å². The van der Waals surface area contributed by atoms with Crippen molar-refractivity contribution < 1.29 is 27.2 Å². The van der Waals surface area contributed by atoms with Gasteiger partial charge in [-0.2, -0.15) is 18.2 Å². The van der Waals surface area contributed by atoms with Gasteiger partial charge in [0.15, 0.2) is 0 Å². The zero-order valence-electron chi connectivity index (χ0n) is 16.7. The second kappa shape index (κ2) is 8.41. The molecule has 6 nitrogen and oxygen atoms in total. The van der Waals surface area contributed by atoms with Gasteiger partial charge in [0.05, 0.1) is 12.2 Å². The third kappa shape index (κ3) is 4.40. The van der Waals surface area contributed by atoms with Crippen LogP contribution in [0.15, 0.2) is 53.1 Å². The lowest BCUT2D eigenvalue weighted by molar-refractivity contribution is -0.137. The Labute approximate surface area is 176 Å². The van der Waals surface area contributed by atoms with E-state index in [1.54, 1.807) is 29.2 Å². The van der Waals surface area contributed by atoms with Gasteiger partial charge in [-0.15, -0.1) is 0 Å². The number of carbonyl (C=O) groups excluding carboxylic acids is 1. The van der Waals surface area contributed by atoms with Crippen LogP contribution in [-0.4, -0.2) is 34.1 Å². The molecule has 9 heteroatoms. The van der Waals surface area contributed by atoms with Gasteiger partial charge in [0.25, 0.3) is 5.91 Å². The molecule has 3 aromatic rings. The Morgan fingerprint density at radius 3 is 2.71 bits per heavy atom. The highest BCUT2D eigenvalue weighted by Crippen LogP contribution is 2.35. The van der Waals surface area contributed by atoms with Gasteiger partial charge in [0.1, 0.15) is 11.8 Å². The van der Waals surface area contributed by atoms with E-state index in [-0.39, 0.29) is 23.2 Å². The minimum absolute atomic E-state index is 0.0569. The Hall–Kier alpha value is -3.36. The molecule has 1 atom stereocenters. The highest BCUT2D eigenvalue weighted by Gasteiger charge is 2.35. The predicted octanol–water partition coefficient (Wildman–Crippen LogP) is 5.13. The van der Waals surface area contributed by atoms with Crippen molar-refractivity contribution in [3.8, 4) is 17.1 Å². The largest absolute Gasteiger partial charge is 0.494 e. The second-order valence-corrected chi connectivity index (χ2v) is 7.15. The number of hydrogen-bond acceptors (Lipinski definition) is 5. The van der Waals surface area contributed by atoms with Crippen LogP contribution >= 0.6 is 0 Å². The molecule has 1 aliphatic rings. The van der Waals surface area contributed by atoms with Crippen LogP contribution in [0, 0.1) is 0 Å². The maximum absolute atomic E-state index is 13.0. The molecule has 0 spiro atoms. The fourth-order valence-corrected chi connectivity index (χ4v) is 3.62. The molecule has 1 unspecified atom stereocenters. The molecule has 0 aliphatic carbocycles. The number of halogens is 3. The van der Waals surface area contributed by atoms with Crippen molar-refractivity contribution in [1.82, 2.24) is 15.0 Å². The van der Waals surface area contributed by atoms with E-state index in [1.807, 2.05) is 6.92 Å². The normalized spacial score (nSPS) is 16.5. The lowest BCUT2D eigenvalue weighted by atomic mass is 10.1. The quantitative estimate of drug-likeness (QED) is 0.560. The van der Waals surface area contributed by atoms with Crippen molar-refractivity contribution in [3.05, 3.63) is 65.5 Å². The standard InChI is InChI=1S/C22H20F3N3O3/c1-2-30-17-10-8-14(9-11-17)21(29)28-12-4-7-18(28)20-26-19(27-31-20)15-5-3-6-16(13-15)22(23,24)25/h3,5-6,8-11,13,18H,2,4,7,12H2,1H3. The average Bonchev–Trinajstić information content (AvgIpc) is 3.43. The van der Waals surface area contributed by atoms with E-state index >= 15 is 0 Å². The van der Waals surface area contributed by atoms with Crippen LogP contribution < -0.4 is 4.74 Å². The summed E-state index contributed by atoms with van der Waals surface area (Å²) in [4.78, 5) is 18.9. The van der Waals surface area contributed by atoms with Gasteiger partial charge in [-0.3, -0.25) is 4.79 Å². The zero-order valence-corrected chi connectivity index (χ0v) is 16.7. The summed E-state index contributed by atoms with van der Waals surface area (Å²) in [6, 6.07) is 11.2. The molecule has 1 aromatic heterocycles. The molecule has 0 bridgehead atoms. The summed E-state index contributed by atoms with van der Waals surface area (Å²) in [5, 5.41) is 3.84. The Morgan fingerprint density at radius 1 is 1.23 bits per heavy atom. The maximum Gasteiger partial charge on any atom is 0.416 e. The van der Waals surface area contributed by atoms with Gasteiger partial charge < -0.3 is 14.2 Å². The second-order valence-electron chi connectivity index (χ2n) is 7.15. The summed E-state index contributed by atoms with van der Waals surface area (Å²) >= 11 is 0. The summed E-state index contributed by atoms with van der Waals surface area (Å²) in [6.45, 7) is 2.94. The number of rotatable bonds is 5. The minimum Gasteiger partial charge on any atom is -0.494 e. The first-order chi connectivity index (χ1) is 14.9. The summed E-state index contributed by atoms with van der Waals surface area (Å²) < 4.78 is 49.7. The number of likely N-dealkylation sites (tertiary alicyclic amines) is 1. The molecule has 2 aromatic carbocycles. The number of carbonyl (C=O) groups is 1. The van der Waals surface area contributed by atoms with Crippen LogP contribution in [0.1, 0.15) is 47.6 Å². The molecular formula is C22H20F3N3O3. The number of amides is 1. The molecule has 1 fully saturated rings. The van der Waals surface area contributed by atoms with E-state index in [2.05, 4.69) is 10.1 Å². The van der Waals surface area contributed by atoms with Crippen molar-refractivity contribution in [2.75, 3.05) is 13.2 Å². The first-order valence-corrected chi connectivity index (χ1v) is 9.92. The first-order valence-electron chi connectivity index (χ1n) is 9.92. The molecule has 1 aliphatic heterocycles. The first kappa shape index (κ1) is 20.9. The number of alkyl halides is 3. The summed E-state index contributed by atoms with van der Waals surface area (Å²) in [7, 11) is 0. The molecule has 0 saturated carbocycles. The van der Waals surface area contributed by atoms with Crippen molar-refractivity contribution in [2.45, 2.75) is 32.0 Å². The van der Waals surface area contributed by atoms with Crippen LogP contribution in [0.5, 0.6) is 5.75 Å². The number of aromatic nitrogens is 2. The number of nitrogens with zero attached hydrogens (tertiary/aromatic N) is 3. The Bertz CT molecular complexity index is 1060. The van der Waals surface area contributed by atoms with Crippen LogP contribution in [0.2, 0.25) is 0 Å². The van der Waals surface area contributed by atoms with Crippen LogP contribution in [0.3, 0.4) is 0 Å². The van der Waals surface area contributed by atoms with Gasteiger partial charge in [-0.25, -0.2) is 0 Å². The molecule has 31 heavy (non-hydrogen) atoms. The Balaban J connectivity index is 1.55. The molecule has 0 N–H and O–H groups in total. The highest BCUT2D eigenvalue weighted by atomic mass is 19.4. The lowest BCUT2D eigenvalue weighted by Crippen LogP contribution is -2.30. The monoisotopic (exact) mass is 431 g/mol. The fourth-order valence-electron chi connectivity index (χ4n) is 3.62. The smallest absolute Gasteiger partial charge is 0.416 e. The number of benzene rings is 2. The Kier molecular flexibility index (Phi) is 5.67. The van der Waals surface area contributed by atoms with E-state index < -0.39 is 17.8 Å². The lowest BCUT2D eigenvalue weighted by Gasteiger charge is -2.22.